The second-order valence-electron chi connectivity index (χ2n) is 18.7. The van der Waals surface area contributed by atoms with E-state index in [1.54, 1.807) is 0 Å². The standard InChI is InChI=1S/C66H40N2S/c1-3-17-42(18-4-1)60-40-61(68-64(67-60)44-19-5-2-6-20-44)43-33-31-41(32-34-43)45-35-36-54-49(37-45)50-39-63-51(48-23-9-16-30-62(48)69-63)38-59(50)66(54)57-28-14-12-26-55(57)65(56-27-13-15-29-58(56)66)52-24-10-7-21-46(52)47-22-8-11-25-53(47)65/h1-40H. The molecule has 0 atom stereocenters. The number of nitrogens with zero attached hydrogens (tertiary/aromatic N) is 2. The minimum atomic E-state index is -0.574. The molecule has 2 aromatic heterocycles. The van der Waals surface area contributed by atoms with E-state index in [1.807, 2.05) is 35.6 Å². The lowest BCUT2D eigenvalue weighted by molar-refractivity contribution is 0.633. The van der Waals surface area contributed by atoms with Gasteiger partial charge in [0.2, 0.25) is 0 Å². The minimum absolute atomic E-state index is 0.483. The van der Waals surface area contributed by atoms with E-state index in [9.17, 15) is 0 Å². The van der Waals surface area contributed by atoms with E-state index in [0.29, 0.717) is 5.82 Å². The van der Waals surface area contributed by atoms with Crippen LogP contribution >= 0.6 is 11.3 Å². The molecule has 2 heterocycles. The molecule has 3 aliphatic carbocycles. The van der Waals surface area contributed by atoms with Crippen LogP contribution < -0.4 is 0 Å². The summed E-state index contributed by atoms with van der Waals surface area (Å²) in [5, 5.41) is 2.63. The molecule has 2 nitrogen and oxygen atoms in total. The van der Waals surface area contributed by atoms with E-state index in [4.69, 9.17) is 9.97 Å². The highest BCUT2D eigenvalue weighted by Gasteiger charge is 2.59. The molecule has 69 heavy (non-hydrogen) atoms. The first-order valence-corrected chi connectivity index (χ1v) is 24.6. The van der Waals surface area contributed by atoms with Crippen LogP contribution in [0.15, 0.2) is 243 Å². The smallest absolute Gasteiger partial charge is 0.160 e. The summed E-state index contributed by atoms with van der Waals surface area (Å²) in [6.45, 7) is 0. The zero-order valence-electron chi connectivity index (χ0n) is 37.4. The summed E-state index contributed by atoms with van der Waals surface area (Å²) in [6.07, 6.45) is 0. The van der Waals surface area contributed by atoms with Crippen molar-refractivity contribution in [1.29, 1.82) is 0 Å². The highest BCUT2D eigenvalue weighted by Crippen LogP contribution is 2.68. The van der Waals surface area contributed by atoms with Crippen molar-refractivity contribution in [2.45, 2.75) is 10.8 Å². The molecule has 0 aliphatic heterocycles. The third kappa shape index (κ3) is 5.25. The summed E-state index contributed by atoms with van der Waals surface area (Å²) < 4.78 is 2.63. The second-order valence-corrected chi connectivity index (χ2v) is 19.8. The number of hydrogen-bond donors (Lipinski definition) is 0. The predicted molar refractivity (Wildman–Crippen MR) is 285 cm³/mol. The molecule has 12 aromatic rings. The highest BCUT2D eigenvalue weighted by atomic mass is 32.1. The van der Waals surface area contributed by atoms with Gasteiger partial charge in [-0.15, -0.1) is 11.3 Å². The minimum Gasteiger partial charge on any atom is -0.228 e. The van der Waals surface area contributed by atoms with Crippen molar-refractivity contribution in [3.8, 4) is 67.3 Å². The monoisotopic (exact) mass is 892 g/mol. The summed E-state index contributed by atoms with van der Waals surface area (Å²) in [6, 6.07) is 90.1. The second kappa shape index (κ2) is 14.5. The van der Waals surface area contributed by atoms with Gasteiger partial charge in [-0.05, 0) is 108 Å². The first kappa shape index (κ1) is 38.6. The molecule has 0 amide bonds. The van der Waals surface area contributed by atoms with Gasteiger partial charge in [0.15, 0.2) is 5.82 Å². The topological polar surface area (TPSA) is 25.8 Å². The summed E-state index contributed by atoms with van der Waals surface area (Å²) in [5.74, 6) is 0.716. The molecule has 3 aliphatic rings. The van der Waals surface area contributed by atoms with Crippen molar-refractivity contribution in [2.24, 2.45) is 0 Å². The molecule has 0 radical (unpaired) electrons. The number of aromatic nitrogens is 2. The molecule has 0 N–H and O–H groups in total. The summed E-state index contributed by atoms with van der Waals surface area (Å²) in [7, 11) is 0. The lowest BCUT2D eigenvalue weighted by atomic mass is 9.52. The van der Waals surface area contributed by atoms with E-state index in [0.717, 1.165) is 33.6 Å². The fraction of sp³-hybridized carbons (Fsp3) is 0.0303. The van der Waals surface area contributed by atoms with Crippen LogP contribution in [0.2, 0.25) is 0 Å². The Bertz CT molecular complexity index is 3920. The van der Waals surface area contributed by atoms with Crippen LogP contribution in [-0.4, -0.2) is 9.97 Å². The van der Waals surface area contributed by atoms with E-state index in [-0.39, 0.29) is 0 Å². The van der Waals surface area contributed by atoms with E-state index >= 15 is 0 Å². The van der Waals surface area contributed by atoms with Crippen molar-refractivity contribution < 1.29 is 0 Å². The van der Waals surface area contributed by atoms with Crippen LogP contribution in [0.4, 0.5) is 0 Å². The zero-order valence-corrected chi connectivity index (χ0v) is 38.2. The maximum Gasteiger partial charge on any atom is 0.160 e. The Balaban J connectivity index is 0.949. The van der Waals surface area contributed by atoms with E-state index < -0.39 is 10.8 Å². The third-order valence-corrected chi connectivity index (χ3v) is 16.5. The van der Waals surface area contributed by atoms with E-state index in [2.05, 4.69) is 218 Å². The SMILES string of the molecule is c1ccc(-c2cc(-c3ccc(-c4ccc5c(c4)-c4cc6sc7ccccc7c6cc4C54c5ccccc5C5(c6ccccc6-c6ccccc65)c5ccccc54)cc3)nc(-c3ccccc3)n2)cc1. The lowest BCUT2D eigenvalue weighted by Gasteiger charge is -2.48. The van der Waals surface area contributed by atoms with Crippen LogP contribution in [0.5, 0.6) is 0 Å². The largest absolute Gasteiger partial charge is 0.228 e. The Morgan fingerprint density at radius 3 is 1.33 bits per heavy atom. The zero-order chi connectivity index (χ0) is 45.3. The van der Waals surface area contributed by atoms with Gasteiger partial charge >= 0.3 is 0 Å². The molecule has 0 bridgehead atoms. The van der Waals surface area contributed by atoms with Crippen molar-refractivity contribution in [3.05, 3.63) is 287 Å². The number of fused-ring (bicyclic) bond motifs is 19. The average molecular weight is 893 g/mol. The molecule has 3 heteroatoms. The van der Waals surface area contributed by atoms with Gasteiger partial charge in [0.1, 0.15) is 0 Å². The number of hydrogen-bond acceptors (Lipinski definition) is 3. The lowest BCUT2D eigenvalue weighted by Crippen LogP contribution is -2.43. The summed E-state index contributed by atoms with van der Waals surface area (Å²) >= 11 is 1.90. The average Bonchev–Trinajstić information content (AvgIpc) is 4.04. The Morgan fingerprint density at radius 1 is 0.261 bits per heavy atom. The molecule has 0 unspecified atom stereocenters. The van der Waals surface area contributed by atoms with Gasteiger partial charge in [0.25, 0.3) is 0 Å². The quantitative estimate of drug-likeness (QED) is 0.176. The van der Waals surface area contributed by atoms with Gasteiger partial charge < -0.3 is 0 Å². The molecule has 2 spiro atoms. The summed E-state index contributed by atoms with van der Waals surface area (Å²) in [4.78, 5) is 10.2. The molecular weight excluding hydrogens is 853 g/mol. The number of rotatable bonds is 4. The van der Waals surface area contributed by atoms with Gasteiger partial charge in [-0.1, -0.05) is 212 Å². The predicted octanol–water partition coefficient (Wildman–Crippen LogP) is 16.6. The van der Waals surface area contributed by atoms with Gasteiger partial charge in [0.05, 0.1) is 22.2 Å². The fourth-order valence-electron chi connectivity index (χ4n) is 12.6. The first-order chi connectivity index (χ1) is 34.2. The first-order valence-electron chi connectivity index (χ1n) is 23.8. The molecule has 15 rings (SSSR count). The molecule has 0 saturated carbocycles. The Morgan fingerprint density at radius 2 is 0.710 bits per heavy atom. The fourth-order valence-corrected chi connectivity index (χ4v) is 13.7. The van der Waals surface area contributed by atoms with Crippen LogP contribution in [0.25, 0.3) is 87.5 Å². The van der Waals surface area contributed by atoms with Gasteiger partial charge in [-0.3, -0.25) is 0 Å². The number of benzene rings is 10. The molecule has 0 fully saturated rings. The highest BCUT2D eigenvalue weighted by molar-refractivity contribution is 7.25. The van der Waals surface area contributed by atoms with Crippen LogP contribution in [-0.2, 0) is 10.8 Å². The van der Waals surface area contributed by atoms with Crippen LogP contribution in [0.1, 0.15) is 44.5 Å². The molecule has 10 aromatic carbocycles. The maximum atomic E-state index is 5.14. The van der Waals surface area contributed by atoms with E-state index in [1.165, 1.54) is 92.5 Å². The van der Waals surface area contributed by atoms with Gasteiger partial charge in [-0.25, -0.2) is 9.97 Å². The third-order valence-electron chi connectivity index (χ3n) is 15.4. The maximum absolute atomic E-state index is 5.14. The summed E-state index contributed by atoms with van der Waals surface area (Å²) in [5.41, 5.74) is 22.2. The van der Waals surface area contributed by atoms with Crippen LogP contribution in [0, 0.1) is 0 Å². The molecule has 320 valence electrons. The van der Waals surface area contributed by atoms with Crippen molar-refractivity contribution in [1.82, 2.24) is 9.97 Å². The normalized spacial score (nSPS) is 14.0. The van der Waals surface area contributed by atoms with Gasteiger partial charge in [-0.2, -0.15) is 0 Å². The van der Waals surface area contributed by atoms with Crippen molar-refractivity contribution in [3.63, 3.8) is 0 Å². The Kier molecular flexibility index (Phi) is 8.11. The Hall–Kier alpha value is -8.50. The van der Waals surface area contributed by atoms with Crippen LogP contribution in [0.3, 0.4) is 0 Å². The Labute approximate surface area is 404 Å². The molecular formula is C66H40N2S. The number of thiophene rings is 1. The molecule has 0 saturated heterocycles. The van der Waals surface area contributed by atoms with Crippen molar-refractivity contribution in [2.75, 3.05) is 0 Å². The van der Waals surface area contributed by atoms with Gasteiger partial charge in [0, 0.05) is 36.9 Å². The van der Waals surface area contributed by atoms with Crippen molar-refractivity contribution >= 4 is 31.5 Å².